The third kappa shape index (κ3) is 4.75. The zero-order chi connectivity index (χ0) is 18.3. The summed E-state index contributed by atoms with van der Waals surface area (Å²) >= 11 is 0. The molecule has 0 aromatic rings. The van der Waals surface area contributed by atoms with E-state index in [9.17, 15) is 0 Å². The Morgan fingerprint density at radius 2 is 1.71 bits per heavy atom. The molecule has 24 heavy (non-hydrogen) atoms. The Hall–Kier alpha value is -0.560. The van der Waals surface area contributed by atoms with Crippen molar-refractivity contribution in [1.82, 2.24) is 0 Å². The van der Waals surface area contributed by atoms with Gasteiger partial charge in [0.05, 0.1) is 6.61 Å². The van der Waals surface area contributed by atoms with Gasteiger partial charge in [-0.3, -0.25) is 0 Å². The predicted octanol–water partition coefficient (Wildman–Crippen LogP) is 6.78. The Balaban J connectivity index is 0.00000139. The molecule has 1 nitrogen and oxygen atoms in total. The molecule has 4 unspecified atom stereocenters. The van der Waals surface area contributed by atoms with E-state index in [-0.39, 0.29) is 6.61 Å². The molecule has 2 rings (SSSR count). The summed E-state index contributed by atoms with van der Waals surface area (Å²) in [6, 6.07) is 0. The number of hydrogen-bond acceptors (Lipinski definition) is 1. The van der Waals surface area contributed by atoms with E-state index < -0.39 is 0 Å². The van der Waals surface area contributed by atoms with Crippen molar-refractivity contribution in [2.24, 2.45) is 29.1 Å². The van der Waals surface area contributed by atoms with Gasteiger partial charge in [0.1, 0.15) is 0 Å². The molecule has 0 spiro atoms. The summed E-state index contributed by atoms with van der Waals surface area (Å²) in [5.74, 6) is 3.25. The Labute approximate surface area is 151 Å². The number of allylic oxidation sites excluding steroid dienone is 3. The second-order valence-electron chi connectivity index (χ2n) is 8.39. The highest BCUT2D eigenvalue weighted by Crippen LogP contribution is 2.57. The van der Waals surface area contributed by atoms with Gasteiger partial charge in [-0.15, -0.1) is 0 Å². The molecule has 0 amide bonds. The van der Waals surface area contributed by atoms with Gasteiger partial charge in [-0.2, -0.15) is 0 Å². The second kappa shape index (κ2) is 9.80. The molecular weight excluding hydrogens is 292 g/mol. The molecule has 0 saturated heterocycles. The van der Waals surface area contributed by atoms with Crippen LogP contribution < -0.4 is 0 Å². The van der Waals surface area contributed by atoms with Crippen molar-refractivity contribution < 1.29 is 5.11 Å². The molecule has 0 aromatic heterocycles. The molecule has 0 bridgehead atoms. The molecule has 140 valence electrons. The van der Waals surface area contributed by atoms with Crippen LogP contribution in [0.5, 0.6) is 0 Å². The van der Waals surface area contributed by atoms with E-state index in [2.05, 4.69) is 40.7 Å². The van der Waals surface area contributed by atoms with Gasteiger partial charge in [-0.05, 0) is 62.2 Å². The van der Waals surface area contributed by atoms with Crippen LogP contribution in [0, 0.1) is 29.1 Å². The third-order valence-corrected chi connectivity index (χ3v) is 6.73. The monoisotopic (exact) mass is 334 g/mol. The lowest BCUT2D eigenvalue weighted by atomic mass is 9.52. The first-order chi connectivity index (χ1) is 11.4. The fraction of sp³-hybridized carbons (Fsp3) is 0.826. The van der Waals surface area contributed by atoms with E-state index in [1.54, 1.807) is 0 Å². The summed E-state index contributed by atoms with van der Waals surface area (Å²) in [4.78, 5) is 0. The fourth-order valence-electron chi connectivity index (χ4n) is 5.89. The number of aliphatic hydroxyl groups excluding tert-OH is 1. The van der Waals surface area contributed by atoms with E-state index in [0.717, 1.165) is 17.8 Å². The van der Waals surface area contributed by atoms with Crippen molar-refractivity contribution >= 4 is 0 Å². The standard InChI is InChI=1S/C21H36O.C2H6/c1-15(11-13-22)14-18(4)20-17(3)9-10-19-16(2)8-6-7-12-21(19,20)5;1-2/h11,14,16-17,19-20,22H,6-10,12-13H2,1-5H3;1-2H3/b15-11+,18-14+;/t16-,17?,19?,20?,21?;/m1./s1. The maximum Gasteiger partial charge on any atom is 0.0617 e. The van der Waals surface area contributed by atoms with Crippen LogP contribution in [0.25, 0.3) is 0 Å². The van der Waals surface area contributed by atoms with E-state index in [1.165, 1.54) is 49.7 Å². The Morgan fingerprint density at radius 3 is 2.33 bits per heavy atom. The summed E-state index contributed by atoms with van der Waals surface area (Å²) in [5, 5.41) is 9.12. The number of fused-ring (bicyclic) bond motifs is 1. The minimum atomic E-state index is 0.146. The van der Waals surface area contributed by atoms with Crippen LogP contribution in [0.4, 0.5) is 0 Å². The molecule has 1 N–H and O–H groups in total. The molecule has 0 radical (unpaired) electrons. The fourth-order valence-corrected chi connectivity index (χ4v) is 5.89. The minimum absolute atomic E-state index is 0.146. The Kier molecular flexibility index (Phi) is 8.77. The first kappa shape index (κ1) is 21.5. The van der Waals surface area contributed by atoms with Crippen molar-refractivity contribution in [2.45, 2.75) is 87.0 Å². The third-order valence-electron chi connectivity index (χ3n) is 6.73. The van der Waals surface area contributed by atoms with Crippen LogP contribution in [0.3, 0.4) is 0 Å². The lowest BCUT2D eigenvalue weighted by molar-refractivity contribution is -0.00498. The van der Waals surface area contributed by atoms with Gasteiger partial charge in [0.25, 0.3) is 0 Å². The van der Waals surface area contributed by atoms with Crippen LogP contribution in [0.15, 0.2) is 23.3 Å². The molecule has 2 saturated carbocycles. The molecular formula is C23H42O. The summed E-state index contributed by atoms with van der Waals surface area (Å²) in [6.07, 6.45) is 12.7. The molecule has 2 fully saturated rings. The second-order valence-corrected chi connectivity index (χ2v) is 8.39. The van der Waals surface area contributed by atoms with E-state index >= 15 is 0 Å². The van der Waals surface area contributed by atoms with Crippen LogP contribution in [-0.2, 0) is 0 Å². The topological polar surface area (TPSA) is 20.2 Å². The SMILES string of the molecule is CC.CC(=C\CO)/C=C(\C)C1C(C)CCC2[C@H](C)CCCCC12C. The normalized spacial score (nSPS) is 37.8. The highest BCUT2D eigenvalue weighted by molar-refractivity contribution is 5.25. The van der Waals surface area contributed by atoms with Crippen molar-refractivity contribution in [1.29, 1.82) is 0 Å². The van der Waals surface area contributed by atoms with Gasteiger partial charge in [-0.1, -0.05) is 77.2 Å². The largest absolute Gasteiger partial charge is 0.392 e. The van der Waals surface area contributed by atoms with Gasteiger partial charge in [0.2, 0.25) is 0 Å². The van der Waals surface area contributed by atoms with Crippen molar-refractivity contribution in [2.75, 3.05) is 6.61 Å². The van der Waals surface area contributed by atoms with Gasteiger partial charge in [-0.25, -0.2) is 0 Å². The van der Waals surface area contributed by atoms with Gasteiger partial charge < -0.3 is 5.11 Å². The maximum atomic E-state index is 9.12. The van der Waals surface area contributed by atoms with Crippen LogP contribution >= 0.6 is 0 Å². The molecule has 5 atom stereocenters. The molecule has 2 aliphatic carbocycles. The molecule has 2 aliphatic rings. The van der Waals surface area contributed by atoms with Crippen molar-refractivity contribution in [3.63, 3.8) is 0 Å². The lowest BCUT2D eigenvalue weighted by Crippen LogP contribution is -2.45. The van der Waals surface area contributed by atoms with Crippen molar-refractivity contribution in [3.8, 4) is 0 Å². The first-order valence-electron chi connectivity index (χ1n) is 10.4. The van der Waals surface area contributed by atoms with Gasteiger partial charge >= 0.3 is 0 Å². The molecule has 0 aliphatic heterocycles. The predicted molar refractivity (Wildman–Crippen MR) is 107 cm³/mol. The lowest BCUT2D eigenvalue weighted by Gasteiger charge is -2.52. The average Bonchev–Trinajstić information content (AvgIpc) is 2.67. The highest BCUT2D eigenvalue weighted by Gasteiger charge is 2.49. The summed E-state index contributed by atoms with van der Waals surface area (Å²) < 4.78 is 0. The van der Waals surface area contributed by atoms with E-state index in [0.29, 0.717) is 11.3 Å². The molecule has 0 aromatic carbocycles. The van der Waals surface area contributed by atoms with Crippen LogP contribution in [-0.4, -0.2) is 11.7 Å². The molecule has 0 heterocycles. The summed E-state index contributed by atoms with van der Waals surface area (Å²) in [5.41, 5.74) is 3.21. The Bertz CT molecular complexity index is 433. The molecule has 1 heteroatoms. The van der Waals surface area contributed by atoms with Crippen molar-refractivity contribution in [3.05, 3.63) is 23.3 Å². The van der Waals surface area contributed by atoms with Gasteiger partial charge in [0, 0.05) is 0 Å². The zero-order valence-corrected chi connectivity index (χ0v) is 17.4. The zero-order valence-electron chi connectivity index (χ0n) is 17.4. The average molecular weight is 335 g/mol. The number of rotatable bonds is 3. The number of aliphatic hydroxyl groups is 1. The maximum absolute atomic E-state index is 9.12. The number of hydrogen-bond donors (Lipinski definition) is 1. The smallest absolute Gasteiger partial charge is 0.0617 e. The van der Waals surface area contributed by atoms with Crippen LogP contribution in [0.2, 0.25) is 0 Å². The minimum Gasteiger partial charge on any atom is -0.392 e. The Morgan fingerprint density at radius 1 is 1.04 bits per heavy atom. The summed E-state index contributed by atoms with van der Waals surface area (Å²) in [7, 11) is 0. The van der Waals surface area contributed by atoms with Gasteiger partial charge in [0.15, 0.2) is 0 Å². The van der Waals surface area contributed by atoms with Crippen LogP contribution in [0.1, 0.15) is 87.0 Å². The first-order valence-corrected chi connectivity index (χ1v) is 10.4. The van der Waals surface area contributed by atoms with E-state index in [4.69, 9.17) is 5.11 Å². The summed E-state index contributed by atoms with van der Waals surface area (Å²) in [6.45, 7) is 16.1. The van der Waals surface area contributed by atoms with E-state index in [1.807, 2.05) is 19.9 Å². The quantitative estimate of drug-likeness (QED) is 0.564. The highest BCUT2D eigenvalue weighted by atomic mass is 16.2.